The van der Waals surface area contributed by atoms with Crippen LogP contribution in [0.15, 0.2) is 36.4 Å². The molecule has 0 aromatic heterocycles. The fraction of sp³-hybridized carbons (Fsp3) is 0.300. The van der Waals surface area contributed by atoms with Gasteiger partial charge < -0.3 is 19.9 Å². The Morgan fingerprint density at radius 1 is 1.12 bits per heavy atom. The van der Waals surface area contributed by atoms with Gasteiger partial charge in [0.05, 0.1) is 20.6 Å². The van der Waals surface area contributed by atoms with Crippen LogP contribution in [0.5, 0.6) is 11.5 Å². The van der Waals surface area contributed by atoms with Crippen LogP contribution in [0.4, 0.5) is 5.69 Å². The maximum atomic E-state index is 12.7. The third kappa shape index (κ3) is 2.93. The van der Waals surface area contributed by atoms with E-state index in [9.17, 15) is 14.7 Å². The number of aryl methyl sites for hydroxylation is 1. The van der Waals surface area contributed by atoms with Crippen LogP contribution in [0.25, 0.3) is 0 Å². The third-order valence-electron chi connectivity index (χ3n) is 4.68. The van der Waals surface area contributed by atoms with Crippen molar-refractivity contribution in [3.05, 3.63) is 53.1 Å². The van der Waals surface area contributed by atoms with E-state index in [4.69, 9.17) is 9.47 Å². The topological polar surface area (TPSA) is 84.9 Å². The molecule has 0 saturated heterocycles. The van der Waals surface area contributed by atoms with E-state index in [0.29, 0.717) is 28.3 Å². The minimum absolute atomic E-state index is 0.337. The molecule has 1 aliphatic rings. The van der Waals surface area contributed by atoms with Crippen molar-refractivity contribution in [2.24, 2.45) is 0 Å². The predicted octanol–water partition coefficient (Wildman–Crippen LogP) is 2.68. The number of carbonyl (C=O) groups excluding carboxylic acids is 2. The van der Waals surface area contributed by atoms with E-state index in [2.05, 4.69) is 5.32 Å². The first-order valence-corrected chi connectivity index (χ1v) is 8.35. The number of amides is 1. The second-order valence-corrected chi connectivity index (χ2v) is 6.22. The molecule has 0 bridgehead atoms. The zero-order chi connectivity index (χ0) is 18.9. The zero-order valence-corrected chi connectivity index (χ0v) is 15.0. The highest BCUT2D eigenvalue weighted by Crippen LogP contribution is 2.40. The molecule has 2 N–H and O–H groups in total. The lowest BCUT2D eigenvalue weighted by atomic mass is 9.87. The van der Waals surface area contributed by atoms with Crippen LogP contribution in [-0.2, 0) is 16.8 Å². The smallest absolute Gasteiger partial charge is 0.261 e. The summed E-state index contributed by atoms with van der Waals surface area (Å²) >= 11 is 0. The number of hydrogen-bond donors (Lipinski definition) is 2. The van der Waals surface area contributed by atoms with Gasteiger partial charge >= 0.3 is 0 Å². The van der Waals surface area contributed by atoms with Gasteiger partial charge in [-0.1, -0.05) is 19.1 Å². The summed E-state index contributed by atoms with van der Waals surface area (Å²) in [6.45, 7) is 1.99. The van der Waals surface area contributed by atoms with E-state index in [-0.39, 0.29) is 12.2 Å². The predicted molar refractivity (Wildman–Crippen MR) is 96.8 cm³/mol. The second-order valence-electron chi connectivity index (χ2n) is 6.22. The molecule has 0 unspecified atom stereocenters. The largest absolute Gasteiger partial charge is 0.493 e. The molecule has 1 aliphatic heterocycles. The zero-order valence-electron chi connectivity index (χ0n) is 15.0. The summed E-state index contributed by atoms with van der Waals surface area (Å²) < 4.78 is 10.4. The molecule has 26 heavy (non-hydrogen) atoms. The molecular weight excluding hydrogens is 334 g/mol. The quantitative estimate of drug-likeness (QED) is 0.778. The van der Waals surface area contributed by atoms with Gasteiger partial charge in [-0.25, -0.2) is 0 Å². The van der Waals surface area contributed by atoms with Gasteiger partial charge in [0.15, 0.2) is 22.9 Å². The minimum Gasteiger partial charge on any atom is -0.493 e. The first-order chi connectivity index (χ1) is 12.4. The number of hydrogen-bond acceptors (Lipinski definition) is 5. The molecule has 0 saturated carbocycles. The number of carbonyl (C=O) groups is 2. The van der Waals surface area contributed by atoms with E-state index >= 15 is 0 Å². The summed E-state index contributed by atoms with van der Waals surface area (Å²) in [5.74, 6) is -0.0397. The number of ether oxygens (including phenoxy) is 2. The summed E-state index contributed by atoms with van der Waals surface area (Å²) in [6, 6.07) is 10.2. The number of rotatable bonds is 6. The fourth-order valence-electron chi connectivity index (χ4n) is 3.13. The van der Waals surface area contributed by atoms with Gasteiger partial charge in [-0.05, 0) is 36.2 Å². The average Bonchev–Trinajstić information content (AvgIpc) is 2.90. The molecule has 2 aromatic rings. The Hall–Kier alpha value is -2.86. The summed E-state index contributed by atoms with van der Waals surface area (Å²) in [7, 11) is 2.99. The van der Waals surface area contributed by atoms with Gasteiger partial charge in [-0.3, -0.25) is 9.59 Å². The Balaban J connectivity index is 1.93. The lowest BCUT2D eigenvalue weighted by molar-refractivity contribution is -0.133. The Morgan fingerprint density at radius 3 is 2.50 bits per heavy atom. The van der Waals surface area contributed by atoms with Gasteiger partial charge in [0, 0.05) is 16.8 Å². The van der Waals surface area contributed by atoms with Crippen LogP contribution >= 0.6 is 0 Å². The van der Waals surface area contributed by atoms with Crippen molar-refractivity contribution in [2.45, 2.75) is 25.4 Å². The standard InChI is InChI=1S/C20H21NO5/c1-4-12-5-7-15-14(9-12)20(24,19(23)21-15)11-16(22)13-6-8-17(25-2)18(10-13)26-3/h5-10,24H,4,11H2,1-3H3,(H,21,23)/t20-/m0/s1. The van der Waals surface area contributed by atoms with Gasteiger partial charge in [0.25, 0.3) is 5.91 Å². The van der Waals surface area contributed by atoms with Gasteiger partial charge in [0.1, 0.15) is 0 Å². The highest BCUT2D eigenvalue weighted by molar-refractivity contribution is 6.09. The van der Waals surface area contributed by atoms with Crippen LogP contribution in [0, 0.1) is 0 Å². The SMILES string of the molecule is CCc1ccc2c(c1)[C@@](O)(CC(=O)c1ccc(OC)c(OC)c1)C(=O)N2. The second kappa shape index (κ2) is 6.80. The first kappa shape index (κ1) is 17.9. The number of aliphatic hydroxyl groups is 1. The Bertz CT molecular complexity index is 877. The summed E-state index contributed by atoms with van der Waals surface area (Å²) in [6.07, 6.45) is 0.412. The van der Waals surface area contributed by atoms with Crippen molar-refractivity contribution in [1.82, 2.24) is 0 Å². The van der Waals surface area contributed by atoms with Crippen LogP contribution in [-0.4, -0.2) is 31.0 Å². The number of ketones is 1. The molecule has 6 heteroatoms. The first-order valence-electron chi connectivity index (χ1n) is 8.35. The highest BCUT2D eigenvalue weighted by Gasteiger charge is 2.46. The fourth-order valence-corrected chi connectivity index (χ4v) is 3.13. The number of fused-ring (bicyclic) bond motifs is 1. The Labute approximate surface area is 151 Å². The molecular formula is C20H21NO5. The van der Waals surface area contributed by atoms with Crippen molar-refractivity contribution in [1.29, 1.82) is 0 Å². The van der Waals surface area contributed by atoms with E-state index < -0.39 is 11.5 Å². The van der Waals surface area contributed by atoms with Gasteiger partial charge in [-0.2, -0.15) is 0 Å². The van der Waals surface area contributed by atoms with Crippen molar-refractivity contribution in [3.63, 3.8) is 0 Å². The number of methoxy groups -OCH3 is 2. The Kier molecular flexibility index (Phi) is 4.70. The lowest BCUT2D eigenvalue weighted by Crippen LogP contribution is -2.36. The van der Waals surface area contributed by atoms with Crippen LogP contribution in [0.3, 0.4) is 0 Å². The molecule has 0 aliphatic carbocycles. The van der Waals surface area contributed by atoms with E-state index in [1.54, 1.807) is 30.3 Å². The molecule has 0 spiro atoms. The lowest BCUT2D eigenvalue weighted by Gasteiger charge is -2.20. The van der Waals surface area contributed by atoms with Crippen LogP contribution in [0.1, 0.15) is 34.8 Å². The molecule has 2 aromatic carbocycles. The number of nitrogens with one attached hydrogen (secondary N) is 1. The number of Topliss-reactive ketones (excluding diaryl/α,β-unsaturated/α-hetero) is 1. The Morgan fingerprint density at radius 2 is 1.85 bits per heavy atom. The molecule has 3 rings (SSSR count). The molecule has 6 nitrogen and oxygen atoms in total. The van der Waals surface area contributed by atoms with Crippen molar-refractivity contribution < 1.29 is 24.2 Å². The third-order valence-corrected chi connectivity index (χ3v) is 4.68. The van der Waals surface area contributed by atoms with Crippen molar-refractivity contribution in [3.8, 4) is 11.5 Å². The normalized spacial score (nSPS) is 18.2. The summed E-state index contributed by atoms with van der Waals surface area (Å²) in [5.41, 5.74) is 0.414. The van der Waals surface area contributed by atoms with Crippen LogP contribution < -0.4 is 14.8 Å². The molecule has 136 valence electrons. The summed E-state index contributed by atoms with van der Waals surface area (Å²) in [5, 5.41) is 13.7. The molecule has 0 radical (unpaired) electrons. The van der Waals surface area contributed by atoms with E-state index in [1.165, 1.54) is 14.2 Å². The van der Waals surface area contributed by atoms with Crippen LogP contribution in [0.2, 0.25) is 0 Å². The minimum atomic E-state index is -1.88. The average molecular weight is 355 g/mol. The van der Waals surface area contributed by atoms with Crippen molar-refractivity contribution >= 4 is 17.4 Å². The summed E-state index contributed by atoms with van der Waals surface area (Å²) in [4.78, 5) is 25.1. The molecule has 1 atom stereocenters. The maximum absolute atomic E-state index is 12.7. The molecule has 0 fully saturated rings. The van der Waals surface area contributed by atoms with E-state index in [0.717, 1.165) is 12.0 Å². The highest BCUT2D eigenvalue weighted by atomic mass is 16.5. The number of anilines is 1. The monoisotopic (exact) mass is 355 g/mol. The molecule has 1 amide bonds. The molecule has 1 heterocycles. The van der Waals surface area contributed by atoms with Gasteiger partial charge in [0.2, 0.25) is 0 Å². The number of benzene rings is 2. The van der Waals surface area contributed by atoms with E-state index in [1.807, 2.05) is 13.0 Å². The van der Waals surface area contributed by atoms with Crippen molar-refractivity contribution in [2.75, 3.05) is 19.5 Å². The maximum Gasteiger partial charge on any atom is 0.261 e. The van der Waals surface area contributed by atoms with Gasteiger partial charge in [-0.15, -0.1) is 0 Å².